The van der Waals surface area contributed by atoms with Gasteiger partial charge in [0.2, 0.25) is 11.8 Å². The number of amides is 2. The number of hydrogen-bond donors (Lipinski definition) is 3. The van der Waals surface area contributed by atoms with Crippen LogP contribution in [0.2, 0.25) is 0 Å². The number of imidazole rings is 2. The van der Waals surface area contributed by atoms with Gasteiger partial charge >= 0.3 is 0 Å². The molecule has 0 atom stereocenters. The van der Waals surface area contributed by atoms with Crippen LogP contribution in [0.5, 0.6) is 0 Å². The maximum absolute atomic E-state index is 13.0. The summed E-state index contributed by atoms with van der Waals surface area (Å²) in [5, 5.41) is 2.96. The van der Waals surface area contributed by atoms with E-state index in [1.54, 1.807) is 42.1 Å². The van der Waals surface area contributed by atoms with Crippen molar-refractivity contribution >= 4 is 11.8 Å². The number of H-pyrrole nitrogens is 2. The van der Waals surface area contributed by atoms with Crippen LogP contribution in [0.25, 0.3) is 0 Å². The van der Waals surface area contributed by atoms with Crippen LogP contribution in [-0.4, -0.2) is 76.7 Å². The van der Waals surface area contributed by atoms with Gasteiger partial charge in [0, 0.05) is 55.8 Å². The highest BCUT2D eigenvalue weighted by Crippen LogP contribution is 2.09. The molecular formula is C26H39N9O2. The van der Waals surface area contributed by atoms with Crippen LogP contribution in [0.4, 0.5) is 0 Å². The summed E-state index contributed by atoms with van der Waals surface area (Å²) >= 11 is 0. The molecule has 0 unspecified atom stereocenters. The van der Waals surface area contributed by atoms with E-state index in [9.17, 15) is 9.59 Å². The van der Waals surface area contributed by atoms with Gasteiger partial charge in [0.25, 0.3) is 0 Å². The van der Waals surface area contributed by atoms with Crippen molar-refractivity contribution in [3.05, 3.63) is 60.2 Å². The topological polar surface area (TPSA) is 136 Å². The Kier molecular flexibility index (Phi) is 10.8. The van der Waals surface area contributed by atoms with Crippen molar-refractivity contribution < 1.29 is 9.59 Å². The van der Waals surface area contributed by atoms with Crippen LogP contribution in [0.3, 0.4) is 0 Å². The Morgan fingerprint density at radius 2 is 1.41 bits per heavy atom. The molecule has 3 heterocycles. The number of carbonyl (C=O) groups excluding carboxylic acids is 2. The first-order chi connectivity index (χ1) is 17.8. The van der Waals surface area contributed by atoms with Crippen molar-refractivity contribution in [2.45, 2.75) is 78.6 Å². The van der Waals surface area contributed by atoms with Gasteiger partial charge in [-0.3, -0.25) is 24.5 Å². The summed E-state index contributed by atoms with van der Waals surface area (Å²) in [6.45, 7) is 11.2. The molecule has 3 aromatic heterocycles. The van der Waals surface area contributed by atoms with E-state index in [0.717, 1.165) is 19.4 Å². The summed E-state index contributed by atoms with van der Waals surface area (Å²) in [6.07, 6.45) is 12.1. The normalized spacial score (nSPS) is 11.4. The van der Waals surface area contributed by atoms with E-state index in [0.29, 0.717) is 54.8 Å². The first kappa shape index (κ1) is 28.0. The van der Waals surface area contributed by atoms with Crippen molar-refractivity contribution in [2.75, 3.05) is 13.1 Å². The van der Waals surface area contributed by atoms with Crippen molar-refractivity contribution in [1.29, 1.82) is 0 Å². The lowest BCUT2D eigenvalue weighted by Gasteiger charge is -2.30. The molecule has 0 spiro atoms. The summed E-state index contributed by atoms with van der Waals surface area (Å²) in [5.41, 5.74) is 1.11. The van der Waals surface area contributed by atoms with Crippen molar-refractivity contribution in [3.8, 4) is 0 Å². The Morgan fingerprint density at radius 1 is 0.838 bits per heavy atom. The zero-order valence-corrected chi connectivity index (χ0v) is 22.3. The Hall–Kier alpha value is -3.60. The predicted octanol–water partition coefficient (Wildman–Crippen LogP) is 2.25. The molecule has 2 amide bonds. The van der Waals surface area contributed by atoms with Gasteiger partial charge in [0.15, 0.2) is 0 Å². The molecule has 3 aromatic rings. The smallest absolute Gasteiger partial charge is 0.229 e. The molecule has 0 fully saturated rings. The predicted molar refractivity (Wildman–Crippen MR) is 140 cm³/mol. The summed E-state index contributed by atoms with van der Waals surface area (Å²) in [6, 6.07) is 1.03. The number of nitrogens with zero attached hydrogens (tertiary/aromatic N) is 6. The fourth-order valence-corrected chi connectivity index (χ4v) is 4.18. The number of rotatable bonds is 15. The maximum Gasteiger partial charge on any atom is 0.229 e. The Bertz CT molecular complexity index is 1020. The molecule has 200 valence electrons. The SMILES string of the molecule is CC(C)N(CCCCNC(=O)Cc1cnc(CC(=O)N(Cc2ncc[nH]2)Cc2ncc[nH]2)cn1)C(C)C. The second kappa shape index (κ2) is 14.2. The van der Waals surface area contributed by atoms with E-state index in [4.69, 9.17) is 0 Å². The van der Waals surface area contributed by atoms with Gasteiger partial charge in [-0.15, -0.1) is 0 Å². The lowest BCUT2D eigenvalue weighted by atomic mass is 10.2. The van der Waals surface area contributed by atoms with Crippen molar-refractivity contribution in [2.24, 2.45) is 0 Å². The lowest BCUT2D eigenvalue weighted by molar-refractivity contribution is -0.132. The van der Waals surface area contributed by atoms with Crippen molar-refractivity contribution in [3.63, 3.8) is 0 Å². The molecule has 0 bridgehead atoms. The summed E-state index contributed by atoms with van der Waals surface area (Å²) in [7, 11) is 0. The molecule has 0 aliphatic rings. The number of unbranched alkanes of at least 4 members (excludes halogenated alkanes) is 1. The molecule has 0 aliphatic heterocycles. The van der Waals surface area contributed by atoms with Crippen LogP contribution >= 0.6 is 0 Å². The average Bonchev–Trinajstić information content (AvgIpc) is 3.56. The quantitative estimate of drug-likeness (QED) is 0.267. The molecule has 0 saturated heterocycles. The fourth-order valence-electron chi connectivity index (χ4n) is 4.18. The van der Waals surface area contributed by atoms with Gasteiger partial charge in [-0.25, -0.2) is 9.97 Å². The highest BCUT2D eigenvalue weighted by Gasteiger charge is 2.18. The molecule has 11 nitrogen and oxygen atoms in total. The molecule has 0 saturated carbocycles. The zero-order valence-electron chi connectivity index (χ0n) is 22.3. The summed E-state index contributed by atoms with van der Waals surface area (Å²) < 4.78 is 0. The molecule has 0 radical (unpaired) electrons. The number of hydrogen-bond acceptors (Lipinski definition) is 7. The summed E-state index contributed by atoms with van der Waals surface area (Å²) in [5.74, 6) is 1.17. The van der Waals surface area contributed by atoms with Crippen LogP contribution in [-0.2, 0) is 35.5 Å². The van der Waals surface area contributed by atoms with Crippen molar-refractivity contribution in [1.82, 2.24) is 45.0 Å². The van der Waals surface area contributed by atoms with Crippen LogP contribution in [0, 0.1) is 0 Å². The Morgan fingerprint density at radius 3 is 1.89 bits per heavy atom. The first-order valence-electron chi connectivity index (χ1n) is 12.9. The number of aromatic nitrogens is 6. The third kappa shape index (κ3) is 9.41. The van der Waals surface area contributed by atoms with E-state index < -0.39 is 0 Å². The third-order valence-corrected chi connectivity index (χ3v) is 6.07. The number of aromatic amines is 2. The molecule has 11 heteroatoms. The van der Waals surface area contributed by atoms with Gasteiger partial charge in [-0.05, 0) is 47.1 Å². The van der Waals surface area contributed by atoms with E-state index >= 15 is 0 Å². The largest absolute Gasteiger partial charge is 0.356 e. The van der Waals surface area contributed by atoms with Gasteiger partial charge < -0.3 is 20.2 Å². The average molecular weight is 510 g/mol. The Balaban J connectivity index is 1.44. The standard InChI is InChI=1S/C26H39N9O2/c1-19(2)35(20(3)4)12-6-5-7-31-25(36)13-21-15-33-22(16-32-21)14-26(37)34(17-23-27-8-9-28-23)18-24-29-10-11-30-24/h8-11,15-16,19-20H,5-7,12-14,17-18H2,1-4H3,(H,27,28)(H,29,30)(H,31,36). The van der Waals surface area contributed by atoms with Gasteiger partial charge in [-0.1, -0.05) is 0 Å². The monoisotopic (exact) mass is 509 g/mol. The zero-order chi connectivity index (χ0) is 26.6. The van der Waals surface area contributed by atoms with E-state index in [-0.39, 0.29) is 24.7 Å². The first-order valence-corrected chi connectivity index (χ1v) is 12.9. The third-order valence-electron chi connectivity index (χ3n) is 6.07. The van der Waals surface area contributed by atoms with E-state index in [1.165, 1.54) is 0 Å². The second-order valence-corrected chi connectivity index (χ2v) is 9.66. The number of nitrogens with one attached hydrogen (secondary N) is 3. The lowest BCUT2D eigenvalue weighted by Crippen LogP contribution is -2.38. The van der Waals surface area contributed by atoms with Crippen LogP contribution in [0.1, 0.15) is 63.6 Å². The highest BCUT2D eigenvalue weighted by molar-refractivity contribution is 5.78. The minimum Gasteiger partial charge on any atom is -0.356 e. The van der Waals surface area contributed by atoms with E-state index in [2.05, 4.69) is 67.8 Å². The number of carbonyl (C=O) groups is 2. The van der Waals surface area contributed by atoms with Crippen LogP contribution < -0.4 is 5.32 Å². The minimum atomic E-state index is -0.124. The molecular weight excluding hydrogens is 470 g/mol. The van der Waals surface area contributed by atoms with E-state index in [1.807, 2.05) is 0 Å². The molecule has 3 rings (SSSR count). The highest BCUT2D eigenvalue weighted by atomic mass is 16.2. The second-order valence-electron chi connectivity index (χ2n) is 9.66. The minimum absolute atomic E-state index is 0.0780. The Labute approximate surface area is 218 Å². The molecule has 37 heavy (non-hydrogen) atoms. The van der Waals surface area contributed by atoms with Gasteiger partial charge in [-0.2, -0.15) is 0 Å². The molecule has 0 aliphatic carbocycles. The van der Waals surface area contributed by atoms with Gasteiger partial charge in [0.1, 0.15) is 11.6 Å². The van der Waals surface area contributed by atoms with Gasteiger partial charge in [0.05, 0.1) is 37.3 Å². The fraction of sp³-hybridized carbons (Fsp3) is 0.538. The molecule has 0 aromatic carbocycles. The van der Waals surface area contributed by atoms with Crippen LogP contribution in [0.15, 0.2) is 37.2 Å². The molecule has 3 N–H and O–H groups in total. The maximum atomic E-state index is 13.0. The summed E-state index contributed by atoms with van der Waals surface area (Å²) in [4.78, 5) is 52.6.